The van der Waals surface area contributed by atoms with E-state index < -0.39 is 14.9 Å². The number of hydrogen-bond donors (Lipinski definition) is 1. The monoisotopic (exact) mass is 225 g/mol. The van der Waals surface area contributed by atoms with Crippen LogP contribution in [0.25, 0.3) is 0 Å². The molecule has 0 aliphatic carbocycles. The van der Waals surface area contributed by atoms with E-state index in [1.54, 1.807) is 0 Å². The Morgan fingerprint density at radius 3 is 2.17 bits per heavy atom. The molecule has 1 N–H and O–H groups in total. The summed E-state index contributed by atoms with van der Waals surface area (Å²) in [4.78, 5) is 0. The summed E-state index contributed by atoms with van der Waals surface area (Å²) in [5, 5.41) is 2.66. The van der Waals surface area contributed by atoms with Crippen LogP contribution >= 0.6 is 0 Å². The van der Waals surface area contributed by atoms with Gasteiger partial charge in [0.25, 0.3) is 0 Å². The molecular weight excluding hydrogens is 209 g/mol. The second kappa shape index (κ2) is 5.26. The number of nitrogens with one attached hydrogen (secondary N) is 1. The van der Waals surface area contributed by atoms with Crippen molar-refractivity contribution in [1.82, 2.24) is 0 Å². The number of anilines is 1. The van der Waals surface area contributed by atoms with E-state index in [-0.39, 0.29) is 0 Å². The van der Waals surface area contributed by atoms with Crippen LogP contribution in [0, 0.1) is 0 Å². The molecule has 0 atom stereocenters. The Kier molecular flexibility index (Phi) is 4.24. The van der Waals surface area contributed by atoms with Gasteiger partial charge in [0.1, 0.15) is 0 Å². The SMILES string of the molecule is CC[As](CC)Nc1ccccc1. The van der Waals surface area contributed by atoms with Crippen LogP contribution in [0.1, 0.15) is 13.8 Å². The summed E-state index contributed by atoms with van der Waals surface area (Å²) in [6, 6.07) is 10.5. The number of hydrogen-bond acceptors (Lipinski definition) is 1. The van der Waals surface area contributed by atoms with Gasteiger partial charge in [0.15, 0.2) is 0 Å². The molecular formula is C10H16AsN. The van der Waals surface area contributed by atoms with Gasteiger partial charge in [-0.1, -0.05) is 0 Å². The normalized spacial score (nSPS) is 10.2. The molecule has 1 aromatic carbocycles. The molecule has 0 aliphatic rings. The zero-order valence-corrected chi connectivity index (χ0v) is 9.62. The van der Waals surface area contributed by atoms with E-state index >= 15 is 0 Å². The third-order valence-electron chi connectivity index (χ3n) is 1.82. The Labute approximate surface area is 79.7 Å². The predicted octanol–water partition coefficient (Wildman–Crippen LogP) is 3.13. The number of para-hydroxylation sites is 1. The molecule has 1 aromatic rings. The first kappa shape index (κ1) is 9.66. The number of rotatable bonds is 4. The molecule has 0 saturated carbocycles. The van der Waals surface area contributed by atoms with Crippen molar-refractivity contribution in [2.45, 2.75) is 24.3 Å². The van der Waals surface area contributed by atoms with Gasteiger partial charge in [-0.25, -0.2) is 0 Å². The molecule has 1 nitrogen and oxygen atoms in total. The topological polar surface area (TPSA) is 12.0 Å². The van der Waals surface area contributed by atoms with Crippen molar-refractivity contribution in [3.8, 4) is 0 Å². The van der Waals surface area contributed by atoms with Crippen molar-refractivity contribution in [3.05, 3.63) is 30.3 Å². The van der Waals surface area contributed by atoms with Crippen LogP contribution in [0.15, 0.2) is 30.3 Å². The van der Waals surface area contributed by atoms with Gasteiger partial charge in [-0.2, -0.15) is 0 Å². The zero-order valence-electron chi connectivity index (χ0n) is 7.75. The Morgan fingerprint density at radius 2 is 1.67 bits per heavy atom. The van der Waals surface area contributed by atoms with Crippen molar-refractivity contribution in [3.63, 3.8) is 0 Å². The minimum atomic E-state index is -0.733. The Morgan fingerprint density at radius 1 is 1.08 bits per heavy atom. The van der Waals surface area contributed by atoms with Crippen molar-refractivity contribution in [2.24, 2.45) is 0 Å². The Balaban J connectivity index is 2.51. The van der Waals surface area contributed by atoms with Crippen LogP contribution in [0.5, 0.6) is 0 Å². The summed E-state index contributed by atoms with van der Waals surface area (Å²) in [6.07, 6.45) is 0. The standard InChI is InChI=1S/C10H16AsN/c1-3-11(4-2)12-10-8-6-5-7-9-10/h5-9,12H,3-4H2,1-2H3. The van der Waals surface area contributed by atoms with Crippen LogP contribution in [0.2, 0.25) is 10.4 Å². The van der Waals surface area contributed by atoms with Crippen molar-refractivity contribution >= 4 is 20.6 Å². The maximum atomic E-state index is 3.62. The molecule has 0 spiro atoms. The fourth-order valence-corrected chi connectivity index (χ4v) is 3.76. The van der Waals surface area contributed by atoms with Gasteiger partial charge >= 0.3 is 79.4 Å². The van der Waals surface area contributed by atoms with E-state index in [0.29, 0.717) is 0 Å². The third-order valence-corrected chi connectivity index (χ3v) is 6.23. The first-order valence-electron chi connectivity index (χ1n) is 4.43. The van der Waals surface area contributed by atoms with Crippen LogP contribution < -0.4 is 4.23 Å². The summed E-state index contributed by atoms with van der Waals surface area (Å²) >= 11 is -0.733. The van der Waals surface area contributed by atoms with Gasteiger partial charge in [0.05, 0.1) is 0 Å². The summed E-state index contributed by atoms with van der Waals surface area (Å²) in [7, 11) is 0. The quantitative estimate of drug-likeness (QED) is 0.776. The van der Waals surface area contributed by atoms with E-state index in [2.05, 4.69) is 48.4 Å². The van der Waals surface area contributed by atoms with Crippen molar-refractivity contribution in [2.75, 3.05) is 4.23 Å². The second-order valence-electron chi connectivity index (χ2n) is 2.65. The molecule has 0 amide bonds. The van der Waals surface area contributed by atoms with E-state index in [1.807, 2.05) is 0 Å². The molecule has 0 saturated heterocycles. The molecule has 1 rings (SSSR count). The van der Waals surface area contributed by atoms with Gasteiger partial charge in [0, 0.05) is 0 Å². The van der Waals surface area contributed by atoms with E-state index in [9.17, 15) is 0 Å². The van der Waals surface area contributed by atoms with Gasteiger partial charge in [-0.15, -0.1) is 0 Å². The molecule has 0 unspecified atom stereocenters. The van der Waals surface area contributed by atoms with Crippen LogP contribution in [0.3, 0.4) is 0 Å². The summed E-state index contributed by atoms with van der Waals surface area (Å²) < 4.78 is 3.62. The van der Waals surface area contributed by atoms with Gasteiger partial charge < -0.3 is 0 Å². The Hall–Kier alpha value is -0.422. The second-order valence-corrected chi connectivity index (χ2v) is 8.04. The molecule has 0 heterocycles. The molecule has 0 radical (unpaired) electrons. The molecule has 66 valence electrons. The first-order chi connectivity index (χ1) is 5.86. The van der Waals surface area contributed by atoms with Gasteiger partial charge in [0.2, 0.25) is 0 Å². The third kappa shape index (κ3) is 2.90. The summed E-state index contributed by atoms with van der Waals surface area (Å²) in [6.45, 7) is 4.55. The predicted molar refractivity (Wildman–Crippen MR) is 56.8 cm³/mol. The Bertz CT molecular complexity index is 206. The summed E-state index contributed by atoms with van der Waals surface area (Å²) in [5.74, 6) is 0. The average Bonchev–Trinajstić information content (AvgIpc) is 2.16. The van der Waals surface area contributed by atoms with Gasteiger partial charge in [-0.3, -0.25) is 0 Å². The van der Waals surface area contributed by atoms with Crippen molar-refractivity contribution < 1.29 is 0 Å². The van der Waals surface area contributed by atoms with Crippen LogP contribution in [-0.2, 0) is 0 Å². The molecule has 0 fully saturated rings. The first-order valence-corrected chi connectivity index (χ1v) is 8.02. The summed E-state index contributed by atoms with van der Waals surface area (Å²) in [5.41, 5.74) is 1.29. The molecule has 0 aliphatic heterocycles. The van der Waals surface area contributed by atoms with Crippen LogP contribution in [-0.4, -0.2) is 14.9 Å². The fraction of sp³-hybridized carbons (Fsp3) is 0.400. The fourth-order valence-electron chi connectivity index (χ4n) is 1.08. The zero-order chi connectivity index (χ0) is 8.81. The maximum absolute atomic E-state index is 3.62. The van der Waals surface area contributed by atoms with E-state index in [0.717, 1.165) is 0 Å². The van der Waals surface area contributed by atoms with E-state index in [1.165, 1.54) is 16.1 Å². The minimum absolute atomic E-state index is 0.733. The van der Waals surface area contributed by atoms with E-state index in [4.69, 9.17) is 0 Å². The molecule has 2 heteroatoms. The van der Waals surface area contributed by atoms with Crippen LogP contribution in [0.4, 0.5) is 5.69 Å². The average molecular weight is 225 g/mol. The molecule has 0 aromatic heterocycles. The molecule has 12 heavy (non-hydrogen) atoms. The van der Waals surface area contributed by atoms with Gasteiger partial charge in [-0.05, 0) is 0 Å². The number of benzene rings is 1. The molecule has 0 bridgehead atoms. The van der Waals surface area contributed by atoms with Crippen molar-refractivity contribution in [1.29, 1.82) is 0 Å².